The van der Waals surface area contributed by atoms with E-state index >= 15 is 0 Å². The summed E-state index contributed by atoms with van der Waals surface area (Å²) >= 11 is 1.64. The van der Waals surface area contributed by atoms with Gasteiger partial charge >= 0.3 is 0 Å². The molecule has 4 N–H and O–H groups in total. The predicted octanol–water partition coefficient (Wildman–Crippen LogP) is 3.71. The summed E-state index contributed by atoms with van der Waals surface area (Å²) in [5.41, 5.74) is 9.87. The van der Waals surface area contributed by atoms with E-state index in [1.54, 1.807) is 29.7 Å². The van der Waals surface area contributed by atoms with Crippen LogP contribution in [0.5, 0.6) is 0 Å². The summed E-state index contributed by atoms with van der Waals surface area (Å²) in [7, 11) is 0. The number of carbonyl (C=O) groups is 1. The molecule has 1 unspecified atom stereocenters. The van der Waals surface area contributed by atoms with Gasteiger partial charge in [0.05, 0.1) is 23.7 Å². The van der Waals surface area contributed by atoms with Crippen molar-refractivity contribution in [1.29, 1.82) is 0 Å². The zero-order valence-corrected chi connectivity index (χ0v) is 16.6. The van der Waals surface area contributed by atoms with Crippen molar-refractivity contribution >= 4 is 34.7 Å². The lowest BCUT2D eigenvalue weighted by molar-refractivity contribution is -0.111. The highest BCUT2D eigenvalue weighted by atomic mass is 32.1. The number of morpholine rings is 1. The van der Waals surface area contributed by atoms with Gasteiger partial charge < -0.3 is 21.1 Å². The lowest BCUT2D eigenvalue weighted by atomic mass is 10.1. The number of pyridine rings is 1. The average molecular weight is 407 g/mol. The van der Waals surface area contributed by atoms with Gasteiger partial charge in [-0.25, -0.2) is 0 Å². The van der Waals surface area contributed by atoms with Crippen LogP contribution >= 0.6 is 11.3 Å². The second-order valence-electron chi connectivity index (χ2n) is 6.64. The molecule has 0 radical (unpaired) electrons. The van der Waals surface area contributed by atoms with Crippen LogP contribution in [0.25, 0.3) is 16.5 Å². The molecule has 0 bridgehead atoms. The molecule has 1 amide bonds. The molecule has 6 nitrogen and oxygen atoms in total. The first-order valence-corrected chi connectivity index (χ1v) is 10.3. The van der Waals surface area contributed by atoms with Gasteiger partial charge in [-0.1, -0.05) is 18.2 Å². The van der Waals surface area contributed by atoms with Crippen molar-refractivity contribution < 1.29 is 9.53 Å². The highest BCUT2D eigenvalue weighted by Crippen LogP contribution is 2.30. The number of ether oxygens (including phenoxy) is 1. The summed E-state index contributed by atoms with van der Waals surface area (Å²) in [5.74, 6) is -0.252. The van der Waals surface area contributed by atoms with E-state index in [1.165, 1.54) is 6.08 Å². The number of nitrogens with zero attached hydrogens (tertiary/aromatic N) is 1. The fraction of sp³-hybridized carbons (Fsp3) is 0.182. The maximum Gasteiger partial charge on any atom is 0.248 e. The van der Waals surface area contributed by atoms with Gasteiger partial charge in [0.2, 0.25) is 5.91 Å². The van der Waals surface area contributed by atoms with E-state index in [0.717, 1.165) is 28.2 Å². The lowest BCUT2D eigenvalue weighted by Gasteiger charge is -2.24. The van der Waals surface area contributed by atoms with E-state index in [0.29, 0.717) is 24.5 Å². The number of hydrogen-bond donors (Lipinski definition) is 3. The molecule has 7 heteroatoms. The number of nitrogens with one attached hydrogen (secondary N) is 2. The minimum atomic E-state index is -0.252. The third kappa shape index (κ3) is 4.71. The molecule has 1 aliphatic rings. The van der Waals surface area contributed by atoms with Crippen LogP contribution in [0.15, 0.2) is 60.1 Å². The number of amides is 1. The number of rotatable bonds is 5. The van der Waals surface area contributed by atoms with Gasteiger partial charge in [-0.15, -0.1) is 11.3 Å². The maximum atomic E-state index is 12.5. The second-order valence-corrected chi connectivity index (χ2v) is 7.59. The Labute approximate surface area is 173 Å². The quantitative estimate of drug-likeness (QED) is 0.444. The van der Waals surface area contributed by atoms with Crippen LogP contribution < -0.4 is 16.4 Å². The van der Waals surface area contributed by atoms with Crippen LogP contribution in [-0.4, -0.2) is 30.6 Å². The van der Waals surface area contributed by atoms with Gasteiger partial charge in [0.25, 0.3) is 0 Å². The first-order chi connectivity index (χ1) is 14.2. The van der Waals surface area contributed by atoms with Crippen LogP contribution in [-0.2, 0) is 9.53 Å². The molecule has 0 spiro atoms. The number of hydrogen-bond acceptors (Lipinski definition) is 6. The number of anilines is 2. The number of thiophene rings is 1. The molecule has 4 rings (SSSR count). The van der Waals surface area contributed by atoms with Crippen molar-refractivity contribution in [2.24, 2.45) is 0 Å². The third-order valence-electron chi connectivity index (χ3n) is 4.63. The molecule has 3 aromatic rings. The highest BCUT2D eigenvalue weighted by molar-refractivity contribution is 7.13. The lowest BCUT2D eigenvalue weighted by Crippen LogP contribution is -2.34. The molecule has 1 saturated heterocycles. The van der Waals surface area contributed by atoms with E-state index in [-0.39, 0.29) is 12.0 Å². The van der Waals surface area contributed by atoms with Gasteiger partial charge in [0.15, 0.2) is 0 Å². The highest BCUT2D eigenvalue weighted by Gasteiger charge is 2.19. The van der Waals surface area contributed by atoms with Crippen molar-refractivity contribution in [3.8, 4) is 10.4 Å². The predicted molar refractivity (Wildman–Crippen MR) is 118 cm³/mol. The van der Waals surface area contributed by atoms with E-state index in [1.807, 2.05) is 41.8 Å². The molecular formula is C22H22N4O2S. The van der Waals surface area contributed by atoms with Gasteiger partial charge in [-0.3, -0.25) is 9.78 Å². The van der Waals surface area contributed by atoms with Crippen molar-refractivity contribution in [3.05, 3.63) is 71.4 Å². The summed E-state index contributed by atoms with van der Waals surface area (Å²) in [6, 6.07) is 13.5. The topological polar surface area (TPSA) is 89.3 Å². The Kier molecular flexibility index (Phi) is 6.00. The van der Waals surface area contributed by atoms with Crippen LogP contribution in [0.1, 0.15) is 17.4 Å². The van der Waals surface area contributed by atoms with Crippen LogP contribution in [0.2, 0.25) is 0 Å². The van der Waals surface area contributed by atoms with Crippen molar-refractivity contribution in [1.82, 2.24) is 10.3 Å². The summed E-state index contributed by atoms with van der Waals surface area (Å²) in [6.45, 7) is 2.18. The number of nitrogens with two attached hydrogens (primary N) is 1. The zero-order chi connectivity index (χ0) is 20.1. The van der Waals surface area contributed by atoms with Crippen LogP contribution in [0.3, 0.4) is 0 Å². The average Bonchev–Trinajstić information content (AvgIpc) is 3.30. The Balaban J connectivity index is 1.49. The minimum absolute atomic E-state index is 0.120. The molecule has 1 atom stereocenters. The van der Waals surface area contributed by atoms with Gasteiger partial charge in [-0.05, 0) is 46.8 Å². The fourth-order valence-corrected chi connectivity index (χ4v) is 3.91. The van der Waals surface area contributed by atoms with E-state index in [4.69, 9.17) is 10.5 Å². The summed E-state index contributed by atoms with van der Waals surface area (Å²) in [5, 5.41) is 8.19. The van der Waals surface area contributed by atoms with Gasteiger partial charge in [0.1, 0.15) is 6.10 Å². The van der Waals surface area contributed by atoms with Gasteiger partial charge in [0, 0.05) is 30.2 Å². The first-order valence-electron chi connectivity index (χ1n) is 9.40. The maximum absolute atomic E-state index is 12.5. The van der Waals surface area contributed by atoms with Crippen molar-refractivity contribution in [2.75, 3.05) is 30.7 Å². The number of benzene rings is 1. The Hall–Kier alpha value is -3.00. The number of aromatic nitrogens is 1. The smallest absolute Gasteiger partial charge is 0.248 e. The molecule has 1 fully saturated rings. The van der Waals surface area contributed by atoms with Crippen LogP contribution in [0, 0.1) is 0 Å². The molecule has 148 valence electrons. The molecule has 1 aromatic carbocycles. The Morgan fingerprint density at radius 1 is 1.31 bits per heavy atom. The summed E-state index contributed by atoms with van der Waals surface area (Å²) in [6.07, 6.45) is 4.87. The Bertz CT molecular complexity index is 1010. The molecule has 0 saturated carbocycles. The Morgan fingerprint density at radius 2 is 2.24 bits per heavy atom. The Morgan fingerprint density at radius 3 is 3.03 bits per heavy atom. The standard InChI is InChI=1S/C22H22N4O2S/c23-17-7-5-16(20-4-2-12-29-20)13-18(17)26-21(27)8-6-15-3-1-9-25-22(15)19-14-24-10-11-28-19/h1-9,12-13,19,24H,10-11,14,23H2,(H,26,27)/b8-6+. The summed E-state index contributed by atoms with van der Waals surface area (Å²) in [4.78, 5) is 18.1. The first kappa shape index (κ1) is 19.3. The monoisotopic (exact) mass is 406 g/mol. The van der Waals surface area contributed by atoms with Crippen LogP contribution in [0.4, 0.5) is 11.4 Å². The number of carbonyl (C=O) groups excluding carboxylic acids is 1. The molecular weight excluding hydrogens is 384 g/mol. The largest absolute Gasteiger partial charge is 0.397 e. The zero-order valence-electron chi connectivity index (χ0n) is 15.8. The molecule has 0 aliphatic carbocycles. The molecule has 29 heavy (non-hydrogen) atoms. The normalized spacial score (nSPS) is 16.8. The fourth-order valence-electron chi connectivity index (χ4n) is 3.18. The molecule has 1 aliphatic heterocycles. The van der Waals surface area contributed by atoms with E-state index in [9.17, 15) is 4.79 Å². The van der Waals surface area contributed by atoms with Crippen molar-refractivity contribution in [2.45, 2.75) is 6.10 Å². The second kappa shape index (κ2) is 9.00. The number of nitrogen functional groups attached to an aromatic ring is 1. The van der Waals surface area contributed by atoms with E-state index < -0.39 is 0 Å². The molecule has 3 heterocycles. The third-order valence-corrected chi connectivity index (χ3v) is 5.55. The van der Waals surface area contributed by atoms with Gasteiger partial charge in [-0.2, -0.15) is 0 Å². The van der Waals surface area contributed by atoms with Crippen molar-refractivity contribution in [3.63, 3.8) is 0 Å². The van der Waals surface area contributed by atoms with E-state index in [2.05, 4.69) is 15.6 Å². The SMILES string of the molecule is Nc1ccc(-c2cccs2)cc1NC(=O)/C=C/c1cccnc1C1CNCCO1. The molecule has 2 aromatic heterocycles. The minimum Gasteiger partial charge on any atom is -0.397 e. The summed E-state index contributed by atoms with van der Waals surface area (Å²) < 4.78 is 5.80.